The summed E-state index contributed by atoms with van der Waals surface area (Å²) in [7, 11) is -3.68. The van der Waals surface area contributed by atoms with E-state index in [2.05, 4.69) is 11.3 Å². The molecule has 0 aromatic carbocycles. The van der Waals surface area contributed by atoms with Crippen molar-refractivity contribution in [3.05, 3.63) is 0 Å². The Kier molecular flexibility index (Phi) is 22.8. The molecule has 6 heteroatoms. The quantitative estimate of drug-likeness (QED) is 0.151. The van der Waals surface area contributed by atoms with Gasteiger partial charge in [-0.3, -0.25) is 0 Å². The third-order valence-electron chi connectivity index (χ3n) is 4.36. The second-order valence-electron chi connectivity index (χ2n) is 6.64. The van der Waals surface area contributed by atoms with Crippen molar-refractivity contribution in [2.45, 2.75) is 110 Å². The molecule has 0 aliphatic carbocycles. The summed E-state index contributed by atoms with van der Waals surface area (Å²) in [4.78, 5) is 0. The Morgan fingerprint density at radius 2 is 0.917 bits per heavy atom. The van der Waals surface area contributed by atoms with Crippen LogP contribution >= 0.6 is 0 Å². The molecule has 0 aliphatic heterocycles. The van der Waals surface area contributed by atoms with Gasteiger partial charge in [-0.1, -0.05) is 103 Å². The topological polar surface area (TPSA) is 63.6 Å². The molecule has 0 heterocycles. The monoisotopic (exact) mass is 374 g/mol. The van der Waals surface area contributed by atoms with Crippen molar-refractivity contribution in [3.63, 3.8) is 0 Å². The number of hydrogen-bond donors (Lipinski definition) is 1. The van der Waals surface area contributed by atoms with E-state index in [0.29, 0.717) is 6.42 Å². The standard InChI is InChI=1S/C18H38O4S.Na.H/c1-2-3-4-5-6-7-8-9-10-11-12-13-14-15-16-17-18-23(20,21)22-19;;/h19H,2-18H2,1H3;;. The van der Waals surface area contributed by atoms with Gasteiger partial charge in [0.05, 0.1) is 5.75 Å². The normalized spacial score (nSPS) is 11.4. The minimum absolute atomic E-state index is 0. The van der Waals surface area contributed by atoms with Crippen molar-refractivity contribution >= 4 is 39.7 Å². The first kappa shape index (κ1) is 27.1. The molecule has 0 amide bonds. The molecule has 0 rings (SSSR count). The average molecular weight is 375 g/mol. The Morgan fingerprint density at radius 3 is 1.21 bits per heavy atom. The molecule has 0 aliphatic rings. The third kappa shape index (κ3) is 20.9. The first-order chi connectivity index (χ1) is 11.1. The molecule has 4 nitrogen and oxygen atoms in total. The van der Waals surface area contributed by atoms with Gasteiger partial charge in [0, 0.05) is 0 Å². The fraction of sp³-hybridized carbons (Fsp3) is 1.00. The predicted octanol–water partition coefficient (Wildman–Crippen LogP) is 5.42. The Labute approximate surface area is 172 Å². The molecular formula is C18H39NaO4S. The molecule has 0 spiro atoms. The van der Waals surface area contributed by atoms with E-state index in [1.165, 1.54) is 83.5 Å². The van der Waals surface area contributed by atoms with Gasteiger partial charge in [0.2, 0.25) is 0 Å². The molecule has 0 aromatic rings. The van der Waals surface area contributed by atoms with Crippen molar-refractivity contribution in [1.29, 1.82) is 0 Å². The van der Waals surface area contributed by atoms with Gasteiger partial charge in [0.15, 0.2) is 0 Å². The molecule has 0 bridgehead atoms. The molecule has 0 atom stereocenters. The second kappa shape index (κ2) is 20.2. The van der Waals surface area contributed by atoms with Gasteiger partial charge in [-0.25, -0.2) is 5.26 Å². The molecule has 0 radical (unpaired) electrons. The van der Waals surface area contributed by atoms with Crippen LogP contribution in [0.15, 0.2) is 0 Å². The van der Waals surface area contributed by atoms with Crippen molar-refractivity contribution < 1.29 is 18.0 Å². The summed E-state index contributed by atoms with van der Waals surface area (Å²) in [5, 5.41) is 8.13. The van der Waals surface area contributed by atoms with Gasteiger partial charge in [0.1, 0.15) is 0 Å². The first-order valence-electron chi connectivity index (χ1n) is 9.68. The zero-order valence-corrected chi connectivity index (χ0v) is 15.9. The molecular weight excluding hydrogens is 335 g/mol. The fourth-order valence-corrected chi connectivity index (χ4v) is 3.50. The van der Waals surface area contributed by atoms with Gasteiger partial charge in [-0.15, -0.1) is 4.33 Å². The summed E-state index contributed by atoms with van der Waals surface area (Å²) in [5.41, 5.74) is 0. The minimum atomic E-state index is -3.68. The van der Waals surface area contributed by atoms with Crippen molar-refractivity contribution in [2.75, 3.05) is 5.75 Å². The van der Waals surface area contributed by atoms with Crippen LogP contribution in [0.5, 0.6) is 0 Å². The zero-order chi connectivity index (χ0) is 17.2. The van der Waals surface area contributed by atoms with E-state index in [-0.39, 0.29) is 35.3 Å². The van der Waals surface area contributed by atoms with Gasteiger partial charge in [0.25, 0.3) is 10.1 Å². The third-order valence-corrected chi connectivity index (χ3v) is 5.38. The van der Waals surface area contributed by atoms with Crippen molar-refractivity contribution in [3.8, 4) is 0 Å². The Bertz CT molecular complexity index is 334. The van der Waals surface area contributed by atoms with Crippen LogP contribution < -0.4 is 0 Å². The molecule has 0 aromatic heterocycles. The summed E-state index contributed by atoms with van der Waals surface area (Å²) in [5.74, 6) is -0.0814. The molecule has 0 saturated carbocycles. The van der Waals surface area contributed by atoms with E-state index < -0.39 is 10.1 Å². The first-order valence-corrected chi connectivity index (χ1v) is 11.3. The van der Waals surface area contributed by atoms with Crippen molar-refractivity contribution in [1.82, 2.24) is 0 Å². The van der Waals surface area contributed by atoms with Gasteiger partial charge in [-0.2, -0.15) is 8.42 Å². The van der Waals surface area contributed by atoms with Crippen LogP contribution in [0, 0.1) is 0 Å². The van der Waals surface area contributed by atoms with Gasteiger partial charge < -0.3 is 0 Å². The average Bonchev–Trinajstić information content (AvgIpc) is 2.54. The van der Waals surface area contributed by atoms with E-state index in [4.69, 9.17) is 5.26 Å². The van der Waals surface area contributed by atoms with Crippen LogP contribution in [0.1, 0.15) is 110 Å². The van der Waals surface area contributed by atoms with E-state index >= 15 is 0 Å². The van der Waals surface area contributed by atoms with Crippen LogP contribution in [-0.4, -0.2) is 49.0 Å². The van der Waals surface area contributed by atoms with E-state index in [1.54, 1.807) is 0 Å². The maximum atomic E-state index is 10.9. The van der Waals surface area contributed by atoms with Crippen LogP contribution in [0.4, 0.5) is 0 Å². The summed E-state index contributed by atoms with van der Waals surface area (Å²) in [6.07, 6.45) is 20.1. The number of rotatable bonds is 18. The summed E-state index contributed by atoms with van der Waals surface area (Å²) in [6.45, 7) is 2.26. The fourth-order valence-electron chi connectivity index (χ4n) is 2.86. The van der Waals surface area contributed by atoms with Crippen LogP contribution in [-0.2, 0) is 14.5 Å². The Morgan fingerprint density at radius 1 is 0.625 bits per heavy atom. The molecule has 24 heavy (non-hydrogen) atoms. The molecule has 1 N–H and O–H groups in total. The van der Waals surface area contributed by atoms with Gasteiger partial charge in [-0.05, 0) is 6.42 Å². The Balaban J connectivity index is 0. The zero-order valence-electron chi connectivity index (χ0n) is 15.1. The van der Waals surface area contributed by atoms with E-state index in [9.17, 15) is 8.42 Å². The van der Waals surface area contributed by atoms with Crippen molar-refractivity contribution in [2.24, 2.45) is 0 Å². The summed E-state index contributed by atoms with van der Waals surface area (Å²) >= 11 is 0. The number of hydrogen-bond acceptors (Lipinski definition) is 4. The number of unbranched alkanes of at least 4 members (excludes halogenated alkanes) is 15. The summed E-state index contributed by atoms with van der Waals surface area (Å²) in [6, 6.07) is 0. The Hall–Kier alpha value is 0.870. The van der Waals surface area contributed by atoms with Crippen LogP contribution in [0.3, 0.4) is 0 Å². The second-order valence-corrected chi connectivity index (χ2v) is 8.31. The predicted molar refractivity (Wildman–Crippen MR) is 104 cm³/mol. The molecule has 0 fully saturated rings. The SMILES string of the molecule is CCCCCCCCCCCCCCCCCCS(=O)(=O)OO.[NaH]. The van der Waals surface area contributed by atoms with Crippen LogP contribution in [0.25, 0.3) is 0 Å². The summed E-state index contributed by atoms with van der Waals surface area (Å²) < 4.78 is 25.2. The van der Waals surface area contributed by atoms with E-state index in [0.717, 1.165) is 12.8 Å². The molecule has 0 unspecified atom stereocenters. The maximum absolute atomic E-state index is 10.9. The van der Waals surface area contributed by atoms with Crippen LogP contribution in [0.2, 0.25) is 0 Å². The molecule has 0 saturated heterocycles. The molecule has 142 valence electrons. The van der Waals surface area contributed by atoms with Gasteiger partial charge >= 0.3 is 29.6 Å². The van der Waals surface area contributed by atoms with E-state index in [1.807, 2.05) is 0 Å².